The van der Waals surface area contributed by atoms with E-state index >= 15 is 0 Å². The van der Waals surface area contributed by atoms with Gasteiger partial charge in [-0.1, -0.05) is 12.1 Å². The summed E-state index contributed by atoms with van der Waals surface area (Å²) in [7, 11) is 0. The first-order valence-electron chi connectivity index (χ1n) is 5.75. The zero-order chi connectivity index (χ0) is 14.6. The van der Waals surface area contributed by atoms with Crippen molar-refractivity contribution in [2.75, 3.05) is 5.32 Å². The van der Waals surface area contributed by atoms with Crippen LogP contribution >= 0.6 is 0 Å². The summed E-state index contributed by atoms with van der Waals surface area (Å²) in [4.78, 5) is 3.83. The van der Waals surface area contributed by atoms with Crippen molar-refractivity contribution in [3.05, 3.63) is 59.3 Å². The predicted octanol–water partition coefficient (Wildman–Crippen LogP) is 3.58. The van der Waals surface area contributed by atoms with Crippen LogP contribution in [0.25, 0.3) is 0 Å². The van der Waals surface area contributed by atoms with Crippen molar-refractivity contribution < 1.29 is 13.2 Å². The number of anilines is 1. The molecule has 20 heavy (non-hydrogen) atoms. The molecule has 0 radical (unpaired) electrons. The standard InChI is InChI=1S/C14H10F3N3/c15-14(16,17)12-4-5-19-13(7-12)20-9-11-3-1-2-10(6-11)8-18/h1-7H,9H2,(H,19,20). The number of hydrogen-bond donors (Lipinski definition) is 1. The number of nitrogens with one attached hydrogen (secondary N) is 1. The summed E-state index contributed by atoms with van der Waals surface area (Å²) >= 11 is 0. The molecule has 0 unspecified atom stereocenters. The minimum absolute atomic E-state index is 0.141. The Morgan fingerprint density at radius 1 is 1.20 bits per heavy atom. The quantitative estimate of drug-likeness (QED) is 0.932. The number of hydrogen-bond acceptors (Lipinski definition) is 3. The molecule has 0 bridgehead atoms. The van der Waals surface area contributed by atoms with Crippen molar-refractivity contribution in [1.29, 1.82) is 5.26 Å². The molecule has 6 heteroatoms. The molecule has 2 aromatic rings. The maximum Gasteiger partial charge on any atom is 0.416 e. The summed E-state index contributed by atoms with van der Waals surface area (Å²) in [5, 5.41) is 11.6. The maximum absolute atomic E-state index is 12.5. The van der Waals surface area contributed by atoms with Crippen molar-refractivity contribution in [2.24, 2.45) is 0 Å². The van der Waals surface area contributed by atoms with E-state index in [1.54, 1.807) is 24.3 Å². The number of nitriles is 1. The molecule has 1 heterocycles. The van der Waals surface area contributed by atoms with Crippen LogP contribution in [0, 0.1) is 11.3 Å². The highest BCUT2D eigenvalue weighted by Crippen LogP contribution is 2.29. The number of alkyl halides is 3. The fraction of sp³-hybridized carbons (Fsp3) is 0.143. The Bertz CT molecular complexity index is 645. The largest absolute Gasteiger partial charge is 0.416 e. The van der Waals surface area contributed by atoms with Crippen molar-refractivity contribution in [1.82, 2.24) is 4.98 Å². The Morgan fingerprint density at radius 3 is 2.70 bits per heavy atom. The lowest BCUT2D eigenvalue weighted by atomic mass is 10.1. The smallest absolute Gasteiger partial charge is 0.366 e. The molecular weight excluding hydrogens is 267 g/mol. The summed E-state index contributed by atoms with van der Waals surface area (Å²) in [5.74, 6) is 0.141. The van der Waals surface area contributed by atoms with E-state index in [1.165, 1.54) is 0 Å². The Kier molecular flexibility index (Phi) is 3.89. The van der Waals surface area contributed by atoms with Crippen LogP contribution in [-0.2, 0) is 12.7 Å². The van der Waals surface area contributed by atoms with Crippen molar-refractivity contribution >= 4 is 5.82 Å². The average Bonchev–Trinajstić information content (AvgIpc) is 2.45. The summed E-state index contributed by atoms with van der Waals surface area (Å²) in [6, 6.07) is 10.7. The fourth-order valence-electron chi connectivity index (χ4n) is 1.65. The van der Waals surface area contributed by atoms with Gasteiger partial charge in [-0.15, -0.1) is 0 Å². The molecule has 0 fully saturated rings. The second-order valence-corrected chi connectivity index (χ2v) is 4.09. The van der Waals surface area contributed by atoms with Gasteiger partial charge in [0, 0.05) is 12.7 Å². The number of aromatic nitrogens is 1. The third-order valence-electron chi connectivity index (χ3n) is 2.62. The van der Waals surface area contributed by atoms with E-state index in [9.17, 15) is 13.2 Å². The average molecular weight is 277 g/mol. The van der Waals surface area contributed by atoms with E-state index in [4.69, 9.17) is 5.26 Å². The van der Waals surface area contributed by atoms with Crippen molar-refractivity contribution in [3.8, 4) is 6.07 Å². The minimum atomic E-state index is -4.39. The van der Waals surface area contributed by atoms with Gasteiger partial charge in [-0.2, -0.15) is 18.4 Å². The normalized spacial score (nSPS) is 10.9. The minimum Gasteiger partial charge on any atom is -0.366 e. The molecule has 2 rings (SSSR count). The topological polar surface area (TPSA) is 48.7 Å². The monoisotopic (exact) mass is 277 g/mol. The number of nitrogens with zero attached hydrogens (tertiary/aromatic N) is 2. The molecule has 0 atom stereocenters. The second-order valence-electron chi connectivity index (χ2n) is 4.09. The Balaban J connectivity index is 2.09. The highest BCUT2D eigenvalue weighted by Gasteiger charge is 2.30. The molecule has 0 aliphatic rings. The molecule has 1 N–H and O–H groups in total. The first-order valence-corrected chi connectivity index (χ1v) is 5.75. The third-order valence-corrected chi connectivity index (χ3v) is 2.62. The highest BCUT2D eigenvalue weighted by atomic mass is 19.4. The van der Waals surface area contributed by atoms with Crippen molar-refractivity contribution in [2.45, 2.75) is 12.7 Å². The molecule has 102 valence electrons. The first-order chi connectivity index (χ1) is 9.49. The third kappa shape index (κ3) is 3.48. The van der Waals surface area contributed by atoms with Gasteiger partial charge in [0.2, 0.25) is 0 Å². The van der Waals surface area contributed by atoms with E-state index < -0.39 is 11.7 Å². The summed E-state index contributed by atoms with van der Waals surface area (Å²) in [6.45, 7) is 0.295. The Hall–Kier alpha value is -2.55. The molecule has 0 aliphatic heterocycles. The number of benzene rings is 1. The van der Waals surface area contributed by atoms with Gasteiger partial charge in [-0.3, -0.25) is 0 Å². The van der Waals surface area contributed by atoms with E-state index in [0.29, 0.717) is 12.1 Å². The fourth-order valence-corrected chi connectivity index (χ4v) is 1.65. The predicted molar refractivity (Wildman–Crippen MR) is 67.7 cm³/mol. The van der Waals surface area contributed by atoms with Crippen LogP contribution in [-0.4, -0.2) is 4.98 Å². The SMILES string of the molecule is N#Cc1cccc(CNc2cc(C(F)(F)F)ccn2)c1. The Morgan fingerprint density at radius 2 is 2.00 bits per heavy atom. The van der Waals surface area contributed by atoms with E-state index in [-0.39, 0.29) is 5.82 Å². The van der Waals surface area contributed by atoms with Gasteiger partial charge in [0.15, 0.2) is 0 Å². The van der Waals surface area contributed by atoms with Gasteiger partial charge in [0.05, 0.1) is 17.2 Å². The summed E-state index contributed by atoms with van der Waals surface area (Å²) in [5.41, 5.74) is 0.547. The molecule has 1 aromatic heterocycles. The van der Waals surface area contributed by atoms with Crippen LogP contribution in [0.15, 0.2) is 42.6 Å². The number of halogens is 3. The molecular formula is C14H10F3N3. The zero-order valence-corrected chi connectivity index (χ0v) is 10.3. The molecule has 1 aromatic carbocycles. The van der Waals surface area contributed by atoms with Crippen LogP contribution in [0.1, 0.15) is 16.7 Å². The molecule has 0 spiro atoms. The van der Waals surface area contributed by atoms with Gasteiger partial charge < -0.3 is 5.32 Å². The lowest BCUT2D eigenvalue weighted by molar-refractivity contribution is -0.137. The highest BCUT2D eigenvalue weighted by molar-refractivity contribution is 5.40. The molecule has 0 aliphatic carbocycles. The number of rotatable bonds is 3. The van der Waals surface area contributed by atoms with E-state index in [1.807, 2.05) is 6.07 Å². The van der Waals surface area contributed by atoms with E-state index in [2.05, 4.69) is 10.3 Å². The van der Waals surface area contributed by atoms with Crippen LogP contribution in [0.3, 0.4) is 0 Å². The van der Waals surface area contributed by atoms with Gasteiger partial charge in [0.1, 0.15) is 5.82 Å². The lowest BCUT2D eigenvalue weighted by Crippen LogP contribution is -2.07. The first kappa shape index (κ1) is 13.9. The van der Waals surface area contributed by atoms with Crippen LogP contribution in [0.5, 0.6) is 0 Å². The molecule has 0 saturated carbocycles. The van der Waals surface area contributed by atoms with Crippen LogP contribution in [0.4, 0.5) is 19.0 Å². The number of pyridine rings is 1. The van der Waals surface area contributed by atoms with Gasteiger partial charge in [-0.25, -0.2) is 4.98 Å². The van der Waals surface area contributed by atoms with E-state index in [0.717, 1.165) is 23.9 Å². The Labute approximate surface area is 113 Å². The molecule has 3 nitrogen and oxygen atoms in total. The second kappa shape index (κ2) is 5.61. The molecule has 0 saturated heterocycles. The van der Waals surface area contributed by atoms with Gasteiger partial charge in [-0.05, 0) is 29.8 Å². The van der Waals surface area contributed by atoms with Crippen LogP contribution < -0.4 is 5.32 Å². The maximum atomic E-state index is 12.5. The summed E-state index contributed by atoms with van der Waals surface area (Å²) < 4.78 is 37.6. The van der Waals surface area contributed by atoms with Gasteiger partial charge >= 0.3 is 6.18 Å². The van der Waals surface area contributed by atoms with Crippen LogP contribution in [0.2, 0.25) is 0 Å². The molecule has 0 amide bonds. The lowest BCUT2D eigenvalue weighted by Gasteiger charge is -2.09. The zero-order valence-electron chi connectivity index (χ0n) is 10.3. The summed E-state index contributed by atoms with van der Waals surface area (Å²) in [6.07, 6.45) is -3.28. The van der Waals surface area contributed by atoms with Gasteiger partial charge in [0.25, 0.3) is 0 Å². The van der Waals surface area contributed by atoms with Crippen molar-refractivity contribution in [3.63, 3.8) is 0 Å².